The van der Waals surface area contributed by atoms with Gasteiger partial charge in [0, 0.05) is 6.04 Å². The zero-order valence-corrected chi connectivity index (χ0v) is 10.5. The summed E-state index contributed by atoms with van der Waals surface area (Å²) in [5.41, 5.74) is 8.27. The van der Waals surface area contributed by atoms with Gasteiger partial charge in [-0.25, -0.2) is 4.79 Å². The van der Waals surface area contributed by atoms with Crippen molar-refractivity contribution >= 4 is 11.9 Å². The molecule has 1 aliphatic heterocycles. The molecule has 1 saturated carbocycles. The largest absolute Gasteiger partial charge is 0.385 e. The number of aryl methyl sites for hydroxylation is 1. The summed E-state index contributed by atoms with van der Waals surface area (Å²) >= 11 is 0. The first-order valence-corrected chi connectivity index (χ1v) is 6.46. The van der Waals surface area contributed by atoms with E-state index in [4.69, 9.17) is 5.73 Å². The van der Waals surface area contributed by atoms with Crippen molar-refractivity contribution in [3.05, 3.63) is 35.4 Å². The Labute approximate surface area is 106 Å². The van der Waals surface area contributed by atoms with Crippen LogP contribution in [-0.4, -0.2) is 22.8 Å². The maximum Gasteiger partial charge on any atom is 0.346 e. The number of amides is 2. The molecule has 1 heterocycles. The van der Waals surface area contributed by atoms with Crippen LogP contribution in [0.5, 0.6) is 0 Å². The molecule has 0 bridgehead atoms. The first-order chi connectivity index (χ1) is 8.70. The standard InChI is InChI=1S/C14H17N3O/c1-2-9-3-5-10(6-4-9)12-13(15)16-14(18)17(12)11-7-8-11/h3-6,11-12H,2,7-8H2,1H3,(H2,15,16,18). The van der Waals surface area contributed by atoms with Crippen LogP contribution < -0.4 is 5.73 Å². The first kappa shape index (κ1) is 11.3. The SMILES string of the molecule is CCc1ccc(C2C(N)=NC(=O)N2C2CC2)cc1. The summed E-state index contributed by atoms with van der Waals surface area (Å²) in [4.78, 5) is 17.6. The summed E-state index contributed by atoms with van der Waals surface area (Å²) < 4.78 is 0. The Balaban J connectivity index is 1.92. The molecule has 4 nitrogen and oxygen atoms in total. The van der Waals surface area contributed by atoms with Gasteiger partial charge >= 0.3 is 6.03 Å². The van der Waals surface area contributed by atoms with Crippen LogP contribution in [0.15, 0.2) is 29.3 Å². The number of nitrogens with two attached hydrogens (primary N) is 1. The van der Waals surface area contributed by atoms with Crippen LogP contribution in [0.4, 0.5) is 4.79 Å². The van der Waals surface area contributed by atoms with E-state index in [1.807, 2.05) is 4.90 Å². The van der Waals surface area contributed by atoms with Gasteiger partial charge in [0.1, 0.15) is 11.9 Å². The van der Waals surface area contributed by atoms with Gasteiger partial charge in [0.05, 0.1) is 0 Å². The van der Waals surface area contributed by atoms with E-state index in [2.05, 4.69) is 36.2 Å². The molecule has 0 radical (unpaired) electrons. The van der Waals surface area contributed by atoms with E-state index in [1.54, 1.807) is 0 Å². The molecule has 0 aromatic heterocycles. The molecule has 1 aromatic carbocycles. The Morgan fingerprint density at radius 1 is 1.33 bits per heavy atom. The van der Waals surface area contributed by atoms with E-state index in [1.165, 1.54) is 5.56 Å². The lowest BCUT2D eigenvalue weighted by Gasteiger charge is -2.24. The lowest BCUT2D eigenvalue weighted by atomic mass is 10.0. The molecule has 2 aliphatic rings. The van der Waals surface area contributed by atoms with Crippen LogP contribution in [0.2, 0.25) is 0 Å². The second-order valence-electron chi connectivity index (χ2n) is 4.96. The van der Waals surface area contributed by atoms with Crippen molar-refractivity contribution in [1.29, 1.82) is 0 Å². The van der Waals surface area contributed by atoms with Crippen LogP contribution in [0, 0.1) is 0 Å². The van der Waals surface area contributed by atoms with Crippen molar-refractivity contribution in [1.82, 2.24) is 4.90 Å². The molecular weight excluding hydrogens is 226 g/mol. The molecule has 1 fully saturated rings. The van der Waals surface area contributed by atoms with E-state index in [9.17, 15) is 4.79 Å². The van der Waals surface area contributed by atoms with Crippen LogP contribution in [-0.2, 0) is 6.42 Å². The van der Waals surface area contributed by atoms with E-state index >= 15 is 0 Å². The highest BCUT2D eigenvalue weighted by Gasteiger charge is 2.43. The third-order valence-corrected chi connectivity index (χ3v) is 3.65. The maximum atomic E-state index is 11.8. The van der Waals surface area contributed by atoms with Gasteiger partial charge in [-0.05, 0) is 30.4 Å². The second-order valence-corrected chi connectivity index (χ2v) is 4.96. The van der Waals surface area contributed by atoms with Crippen molar-refractivity contribution < 1.29 is 4.79 Å². The molecule has 2 N–H and O–H groups in total. The zero-order valence-electron chi connectivity index (χ0n) is 10.5. The number of amidine groups is 1. The predicted molar refractivity (Wildman–Crippen MR) is 70.4 cm³/mol. The lowest BCUT2D eigenvalue weighted by molar-refractivity contribution is 0.203. The van der Waals surface area contributed by atoms with Gasteiger partial charge in [-0.1, -0.05) is 31.2 Å². The van der Waals surface area contributed by atoms with Gasteiger partial charge in [0.15, 0.2) is 0 Å². The molecule has 3 rings (SSSR count). The fourth-order valence-corrected chi connectivity index (χ4v) is 2.47. The molecule has 0 spiro atoms. The number of benzene rings is 1. The summed E-state index contributed by atoms with van der Waals surface area (Å²) in [5, 5.41) is 0. The van der Waals surface area contributed by atoms with Gasteiger partial charge in [-0.2, -0.15) is 4.99 Å². The Bertz CT molecular complexity index is 502. The summed E-state index contributed by atoms with van der Waals surface area (Å²) in [6.45, 7) is 2.13. The average Bonchev–Trinajstić information content (AvgIpc) is 3.15. The lowest BCUT2D eigenvalue weighted by Crippen LogP contribution is -2.34. The Morgan fingerprint density at radius 3 is 2.56 bits per heavy atom. The number of hydrogen-bond donors (Lipinski definition) is 1. The van der Waals surface area contributed by atoms with Crippen LogP contribution in [0.1, 0.15) is 36.9 Å². The zero-order chi connectivity index (χ0) is 12.7. The van der Waals surface area contributed by atoms with E-state index < -0.39 is 0 Å². The van der Waals surface area contributed by atoms with Crippen molar-refractivity contribution in [3.8, 4) is 0 Å². The number of hydrogen-bond acceptors (Lipinski definition) is 2. The maximum absolute atomic E-state index is 11.8. The third-order valence-electron chi connectivity index (χ3n) is 3.65. The normalized spacial score (nSPS) is 23.4. The number of rotatable bonds is 3. The molecule has 18 heavy (non-hydrogen) atoms. The molecular formula is C14H17N3O. The molecule has 1 unspecified atom stereocenters. The Morgan fingerprint density at radius 2 is 2.00 bits per heavy atom. The molecule has 1 aliphatic carbocycles. The second kappa shape index (κ2) is 4.12. The molecule has 94 valence electrons. The summed E-state index contributed by atoms with van der Waals surface area (Å²) in [7, 11) is 0. The summed E-state index contributed by atoms with van der Waals surface area (Å²) in [6.07, 6.45) is 3.15. The Hall–Kier alpha value is -1.84. The third kappa shape index (κ3) is 1.78. The summed E-state index contributed by atoms with van der Waals surface area (Å²) in [5.74, 6) is 0.427. The fourth-order valence-electron chi connectivity index (χ4n) is 2.47. The van der Waals surface area contributed by atoms with Crippen molar-refractivity contribution in [3.63, 3.8) is 0 Å². The van der Waals surface area contributed by atoms with Crippen molar-refractivity contribution in [2.24, 2.45) is 10.7 Å². The average molecular weight is 243 g/mol. The molecule has 1 aromatic rings. The van der Waals surface area contributed by atoms with Gasteiger partial charge in [0.2, 0.25) is 0 Å². The van der Waals surface area contributed by atoms with Crippen LogP contribution >= 0.6 is 0 Å². The number of carbonyl (C=O) groups excluding carboxylic acids is 1. The number of carbonyl (C=O) groups is 1. The predicted octanol–water partition coefficient (Wildman–Crippen LogP) is 2.25. The van der Waals surface area contributed by atoms with Crippen molar-refractivity contribution in [2.45, 2.75) is 38.3 Å². The highest BCUT2D eigenvalue weighted by molar-refractivity contribution is 6.03. The minimum atomic E-state index is -0.181. The summed E-state index contributed by atoms with van der Waals surface area (Å²) in [6, 6.07) is 8.29. The van der Waals surface area contributed by atoms with E-state index in [0.717, 1.165) is 24.8 Å². The Kier molecular flexibility index (Phi) is 2.58. The highest BCUT2D eigenvalue weighted by Crippen LogP contribution is 2.38. The highest BCUT2D eigenvalue weighted by atomic mass is 16.2. The quantitative estimate of drug-likeness (QED) is 0.885. The van der Waals surface area contributed by atoms with Gasteiger partial charge in [-0.3, -0.25) is 0 Å². The molecule has 1 atom stereocenters. The van der Waals surface area contributed by atoms with Gasteiger partial charge < -0.3 is 10.6 Å². The monoisotopic (exact) mass is 243 g/mol. The van der Waals surface area contributed by atoms with Gasteiger partial charge in [0.25, 0.3) is 0 Å². The first-order valence-electron chi connectivity index (χ1n) is 6.46. The number of nitrogens with zero attached hydrogens (tertiary/aromatic N) is 2. The van der Waals surface area contributed by atoms with E-state index in [0.29, 0.717) is 11.9 Å². The molecule has 4 heteroatoms. The number of urea groups is 1. The van der Waals surface area contributed by atoms with E-state index in [-0.39, 0.29) is 12.1 Å². The van der Waals surface area contributed by atoms with Crippen LogP contribution in [0.25, 0.3) is 0 Å². The smallest absolute Gasteiger partial charge is 0.346 e. The van der Waals surface area contributed by atoms with Crippen molar-refractivity contribution in [2.75, 3.05) is 0 Å². The van der Waals surface area contributed by atoms with Gasteiger partial charge in [-0.15, -0.1) is 0 Å². The fraction of sp³-hybridized carbons (Fsp3) is 0.429. The number of aliphatic imine (C=N–C) groups is 1. The van der Waals surface area contributed by atoms with Crippen LogP contribution in [0.3, 0.4) is 0 Å². The molecule has 2 amide bonds. The molecule has 0 saturated heterocycles. The topological polar surface area (TPSA) is 58.7 Å². The minimum Gasteiger partial charge on any atom is -0.385 e. The minimum absolute atomic E-state index is 0.157.